The van der Waals surface area contributed by atoms with Gasteiger partial charge in [0, 0.05) is 36.5 Å². The molecule has 37 heavy (non-hydrogen) atoms. The summed E-state index contributed by atoms with van der Waals surface area (Å²) in [5.41, 5.74) is -2.33. The van der Waals surface area contributed by atoms with Crippen molar-refractivity contribution in [3.63, 3.8) is 0 Å². The smallest absolute Gasteiger partial charge is 0.389 e. The van der Waals surface area contributed by atoms with Crippen LogP contribution in [-0.2, 0) is 0 Å². The number of aliphatic hydroxyl groups is 1. The molecule has 2 atom stereocenters. The van der Waals surface area contributed by atoms with Gasteiger partial charge >= 0.3 is 6.18 Å². The van der Waals surface area contributed by atoms with Crippen LogP contribution in [0.3, 0.4) is 0 Å². The molecule has 1 saturated heterocycles. The average molecular weight is 550 g/mol. The number of alkyl halides is 5. The van der Waals surface area contributed by atoms with Gasteiger partial charge in [-0.1, -0.05) is 0 Å². The van der Waals surface area contributed by atoms with Crippen LogP contribution < -0.4 is 10.6 Å². The lowest BCUT2D eigenvalue weighted by Gasteiger charge is -2.21. The number of hydrogen-bond acceptors (Lipinski definition) is 7. The van der Waals surface area contributed by atoms with Crippen molar-refractivity contribution in [1.82, 2.24) is 20.2 Å². The zero-order chi connectivity index (χ0) is 27.7. The van der Waals surface area contributed by atoms with Crippen LogP contribution in [0.15, 0.2) is 12.3 Å². The summed E-state index contributed by atoms with van der Waals surface area (Å²) in [5, 5.41) is 14.2. The van der Waals surface area contributed by atoms with Gasteiger partial charge in [0.1, 0.15) is 17.6 Å². The largest absolute Gasteiger partial charge is 0.408 e. The van der Waals surface area contributed by atoms with Crippen LogP contribution in [0.5, 0.6) is 0 Å². The van der Waals surface area contributed by atoms with E-state index in [9.17, 15) is 36.6 Å². The Morgan fingerprint density at radius 1 is 1.30 bits per heavy atom. The fraction of sp³-hybridized carbons (Fsp3) is 0.565. The molecule has 0 radical (unpaired) electrons. The Balaban J connectivity index is 2.07. The summed E-state index contributed by atoms with van der Waals surface area (Å²) in [7, 11) is 0. The maximum atomic E-state index is 14.1. The Morgan fingerprint density at radius 3 is 2.51 bits per heavy atom. The number of pyridine rings is 1. The number of anilines is 1. The van der Waals surface area contributed by atoms with E-state index < -0.39 is 47.4 Å². The van der Waals surface area contributed by atoms with E-state index in [1.807, 2.05) is 6.92 Å². The summed E-state index contributed by atoms with van der Waals surface area (Å²) in [6.45, 7) is 5.90. The molecular formula is C23H28F5N5O3S. The molecule has 0 aromatic carbocycles. The Kier molecular flexibility index (Phi) is 8.42. The van der Waals surface area contributed by atoms with Gasteiger partial charge in [-0.15, -0.1) is 11.3 Å². The average Bonchev–Trinajstić information content (AvgIpc) is 3.42. The van der Waals surface area contributed by atoms with Gasteiger partial charge in [-0.25, -0.2) is 18.7 Å². The molecule has 1 unspecified atom stereocenters. The lowest BCUT2D eigenvalue weighted by atomic mass is 10.1. The molecule has 2 amide bonds. The number of rotatable bonds is 8. The van der Waals surface area contributed by atoms with Crippen LogP contribution in [0.25, 0.3) is 10.4 Å². The van der Waals surface area contributed by atoms with Crippen LogP contribution in [0.1, 0.15) is 72.8 Å². The molecule has 0 saturated carbocycles. The summed E-state index contributed by atoms with van der Waals surface area (Å²) in [6, 6.07) is -1.37. The van der Waals surface area contributed by atoms with Crippen molar-refractivity contribution in [2.24, 2.45) is 0 Å². The standard InChI is InChI=1S/C23H28F5N5O3S/c1-11-6-5-7-33(11)21(35)16-17(37-20(32-16)19(34)30-10-22(3,4)36)14-9-29-15(8-13(14)18(24)25)31-12(2)23(26,27)28/h8-9,11-12,18,36H,5-7,10H2,1-4H3,(H,29,31)(H,30,34)/t11?,12-/m1/s1. The summed E-state index contributed by atoms with van der Waals surface area (Å²) in [5.74, 6) is -1.69. The van der Waals surface area contributed by atoms with Gasteiger partial charge in [-0.3, -0.25) is 9.59 Å². The van der Waals surface area contributed by atoms with Gasteiger partial charge in [-0.2, -0.15) is 13.2 Å². The fourth-order valence-corrected chi connectivity index (χ4v) is 4.72. The zero-order valence-corrected chi connectivity index (χ0v) is 21.4. The van der Waals surface area contributed by atoms with Crippen LogP contribution >= 0.6 is 11.3 Å². The number of thiazole rings is 1. The van der Waals surface area contributed by atoms with Crippen molar-refractivity contribution in [1.29, 1.82) is 0 Å². The first-order chi connectivity index (χ1) is 17.1. The molecule has 3 rings (SSSR count). The van der Waals surface area contributed by atoms with Crippen molar-refractivity contribution in [2.45, 2.75) is 70.8 Å². The van der Waals surface area contributed by atoms with E-state index in [-0.39, 0.29) is 33.7 Å². The maximum absolute atomic E-state index is 14.1. The number of halogens is 5. The van der Waals surface area contributed by atoms with E-state index in [4.69, 9.17) is 0 Å². The Labute approximate surface area is 214 Å². The Bertz CT molecular complexity index is 1150. The van der Waals surface area contributed by atoms with Gasteiger partial charge in [-0.05, 0) is 46.6 Å². The first-order valence-corrected chi connectivity index (χ1v) is 12.3. The topological polar surface area (TPSA) is 107 Å². The number of nitrogens with zero attached hydrogens (tertiary/aromatic N) is 3. The number of carbonyl (C=O) groups is 2. The number of nitrogens with one attached hydrogen (secondary N) is 2. The highest BCUT2D eigenvalue weighted by Gasteiger charge is 2.37. The highest BCUT2D eigenvalue weighted by atomic mass is 32.1. The van der Waals surface area contributed by atoms with Crippen LogP contribution in [0.2, 0.25) is 0 Å². The minimum absolute atomic E-state index is 0.0456. The molecule has 0 spiro atoms. The second-order valence-electron chi connectivity index (χ2n) is 9.55. The number of amides is 2. The van der Waals surface area contributed by atoms with E-state index in [2.05, 4.69) is 20.6 Å². The molecule has 3 N–H and O–H groups in total. The van der Waals surface area contributed by atoms with Crippen LogP contribution in [0.4, 0.5) is 27.8 Å². The maximum Gasteiger partial charge on any atom is 0.408 e. The molecule has 3 heterocycles. The van der Waals surface area contributed by atoms with Crippen molar-refractivity contribution in [3.05, 3.63) is 28.5 Å². The quantitative estimate of drug-likeness (QED) is 0.415. The molecule has 204 valence electrons. The first-order valence-electron chi connectivity index (χ1n) is 11.5. The lowest BCUT2D eigenvalue weighted by molar-refractivity contribution is -0.138. The minimum Gasteiger partial charge on any atom is -0.389 e. The molecule has 0 bridgehead atoms. The summed E-state index contributed by atoms with van der Waals surface area (Å²) >= 11 is 0.689. The molecule has 8 nitrogen and oxygen atoms in total. The molecule has 1 aliphatic rings. The predicted octanol–water partition coefficient (Wildman–Crippen LogP) is 4.63. The third kappa shape index (κ3) is 6.92. The van der Waals surface area contributed by atoms with E-state index >= 15 is 0 Å². The van der Waals surface area contributed by atoms with Gasteiger partial charge in [0.2, 0.25) is 0 Å². The van der Waals surface area contributed by atoms with E-state index in [0.29, 0.717) is 17.9 Å². The summed E-state index contributed by atoms with van der Waals surface area (Å²) in [6.07, 6.45) is -5.31. The number of hydrogen-bond donors (Lipinski definition) is 3. The first kappa shape index (κ1) is 28.7. The van der Waals surface area contributed by atoms with Gasteiger partial charge < -0.3 is 20.6 Å². The van der Waals surface area contributed by atoms with Crippen molar-refractivity contribution >= 4 is 29.0 Å². The van der Waals surface area contributed by atoms with E-state index in [1.165, 1.54) is 18.7 Å². The predicted molar refractivity (Wildman–Crippen MR) is 128 cm³/mol. The third-order valence-electron chi connectivity index (χ3n) is 5.79. The van der Waals surface area contributed by atoms with Crippen LogP contribution in [-0.4, -0.2) is 68.7 Å². The molecule has 2 aromatic heterocycles. The molecule has 2 aromatic rings. The number of aromatic nitrogens is 2. The van der Waals surface area contributed by atoms with Crippen LogP contribution in [0, 0.1) is 0 Å². The minimum atomic E-state index is -4.62. The van der Waals surface area contributed by atoms with Crippen molar-refractivity contribution < 1.29 is 36.6 Å². The monoisotopic (exact) mass is 549 g/mol. The normalized spacial score (nSPS) is 17.3. The Hall–Kier alpha value is -2.87. The molecule has 0 aliphatic carbocycles. The third-order valence-corrected chi connectivity index (χ3v) is 6.88. The van der Waals surface area contributed by atoms with Gasteiger partial charge in [0.15, 0.2) is 5.01 Å². The molecule has 14 heteroatoms. The van der Waals surface area contributed by atoms with E-state index in [1.54, 1.807) is 0 Å². The van der Waals surface area contributed by atoms with Gasteiger partial charge in [0.05, 0.1) is 10.5 Å². The SMILES string of the molecule is CC1CCCN1C(=O)c1nc(C(=O)NCC(C)(C)O)sc1-c1cnc(N[C@H](C)C(F)(F)F)cc1C(F)F. The van der Waals surface area contributed by atoms with E-state index in [0.717, 1.165) is 32.0 Å². The highest BCUT2D eigenvalue weighted by molar-refractivity contribution is 7.17. The lowest BCUT2D eigenvalue weighted by Crippen LogP contribution is -2.38. The number of carbonyl (C=O) groups excluding carboxylic acids is 2. The molecular weight excluding hydrogens is 521 g/mol. The van der Waals surface area contributed by atoms with Gasteiger partial charge in [0.25, 0.3) is 18.2 Å². The van der Waals surface area contributed by atoms with Crippen molar-refractivity contribution in [3.8, 4) is 10.4 Å². The second-order valence-corrected chi connectivity index (χ2v) is 10.5. The second kappa shape index (κ2) is 10.9. The van der Waals surface area contributed by atoms with Crippen molar-refractivity contribution in [2.75, 3.05) is 18.4 Å². The molecule has 1 aliphatic heterocycles. The summed E-state index contributed by atoms with van der Waals surface area (Å²) < 4.78 is 67.0. The Morgan fingerprint density at radius 2 is 1.97 bits per heavy atom. The summed E-state index contributed by atoms with van der Waals surface area (Å²) in [4.78, 5) is 35.6. The zero-order valence-electron chi connectivity index (χ0n) is 20.6. The number of likely N-dealkylation sites (tertiary alicyclic amines) is 1. The fourth-order valence-electron chi connectivity index (χ4n) is 3.71. The highest BCUT2D eigenvalue weighted by Crippen LogP contribution is 2.39. The molecule has 1 fully saturated rings.